The standard InChI is InChI=1S/C9H8N2O2/c1-13-8-3-2-6-7(11-8)4-5-10-9(6)12/h2-5H,1H3,(H,10,12). The first-order valence-corrected chi connectivity index (χ1v) is 3.84. The van der Waals surface area contributed by atoms with Crippen molar-refractivity contribution < 1.29 is 4.74 Å². The van der Waals surface area contributed by atoms with Gasteiger partial charge in [0, 0.05) is 12.3 Å². The molecule has 0 aliphatic heterocycles. The Bertz CT molecular complexity index is 490. The summed E-state index contributed by atoms with van der Waals surface area (Å²) in [7, 11) is 1.54. The Morgan fingerprint density at radius 1 is 1.38 bits per heavy atom. The lowest BCUT2D eigenvalue weighted by Gasteiger charge is -1.99. The molecule has 66 valence electrons. The molecule has 0 radical (unpaired) electrons. The predicted octanol–water partition coefficient (Wildman–Crippen LogP) is 0.932. The number of fused-ring (bicyclic) bond motifs is 1. The second-order valence-corrected chi connectivity index (χ2v) is 2.59. The van der Waals surface area contributed by atoms with Crippen molar-refractivity contribution in [3.8, 4) is 5.88 Å². The minimum absolute atomic E-state index is 0.132. The van der Waals surface area contributed by atoms with Crippen LogP contribution in [0, 0.1) is 0 Å². The smallest absolute Gasteiger partial charge is 0.257 e. The molecule has 1 N–H and O–H groups in total. The molecule has 4 heteroatoms. The number of aromatic amines is 1. The molecule has 13 heavy (non-hydrogen) atoms. The van der Waals surface area contributed by atoms with Crippen LogP contribution in [-0.2, 0) is 0 Å². The van der Waals surface area contributed by atoms with Crippen LogP contribution < -0.4 is 10.3 Å². The van der Waals surface area contributed by atoms with Crippen LogP contribution >= 0.6 is 0 Å². The molecule has 2 heterocycles. The Morgan fingerprint density at radius 2 is 2.23 bits per heavy atom. The summed E-state index contributed by atoms with van der Waals surface area (Å²) < 4.78 is 4.94. The fourth-order valence-corrected chi connectivity index (χ4v) is 1.16. The van der Waals surface area contributed by atoms with Crippen LogP contribution in [0.4, 0.5) is 0 Å². The number of pyridine rings is 2. The molecule has 0 aromatic carbocycles. The summed E-state index contributed by atoms with van der Waals surface area (Å²) >= 11 is 0. The fraction of sp³-hybridized carbons (Fsp3) is 0.111. The van der Waals surface area contributed by atoms with Gasteiger partial charge in [-0.25, -0.2) is 4.98 Å². The van der Waals surface area contributed by atoms with E-state index >= 15 is 0 Å². The number of hydrogen-bond donors (Lipinski definition) is 1. The molecule has 4 nitrogen and oxygen atoms in total. The van der Waals surface area contributed by atoms with Crippen LogP contribution in [0.15, 0.2) is 29.2 Å². The Labute approximate surface area is 74.2 Å². The second kappa shape index (κ2) is 2.90. The maximum Gasteiger partial charge on any atom is 0.257 e. The maximum atomic E-state index is 11.2. The van der Waals surface area contributed by atoms with Crippen LogP contribution in [0.2, 0.25) is 0 Å². The van der Waals surface area contributed by atoms with Gasteiger partial charge in [0.05, 0.1) is 18.0 Å². The summed E-state index contributed by atoms with van der Waals surface area (Å²) in [6.07, 6.45) is 1.57. The highest BCUT2D eigenvalue weighted by atomic mass is 16.5. The minimum Gasteiger partial charge on any atom is -0.481 e. The van der Waals surface area contributed by atoms with E-state index in [9.17, 15) is 4.79 Å². The zero-order valence-electron chi connectivity index (χ0n) is 7.07. The van der Waals surface area contributed by atoms with E-state index in [4.69, 9.17) is 4.74 Å². The molecular weight excluding hydrogens is 168 g/mol. The molecular formula is C9H8N2O2. The average Bonchev–Trinajstić information content (AvgIpc) is 2.18. The van der Waals surface area contributed by atoms with Gasteiger partial charge in [-0.1, -0.05) is 0 Å². The molecule has 0 spiro atoms. The van der Waals surface area contributed by atoms with E-state index in [2.05, 4.69) is 9.97 Å². The predicted molar refractivity (Wildman–Crippen MR) is 48.9 cm³/mol. The van der Waals surface area contributed by atoms with Crippen LogP contribution in [0.1, 0.15) is 0 Å². The van der Waals surface area contributed by atoms with Crippen molar-refractivity contribution in [2.45, 2.75) is 0 Å². The van der Waals surface area contributed by atoms with Crippen LogP contribution in [0.25, 0.3) is 10.9 Å². The zero-order valence-corrected chi connectivity index (χ0v) is 7.07. The first kappa shape index (κ1) is 7.79. The number of nitrogens with one attached hydrogen (secondary N) is 1. The average molecular weight is 176 g/mol. The molecule has 2 aromatic heterocycles. The molecule has 0 saturated carbocycles. The van der Waals surface area contributed by atoms with Crippen molar-refractivity contribution in [1.29, 1.82) is 0 Å². The monoisotopic (exact) mass is 176 g/mol. The number of aromatic nitrogens is 2. The van der Waals surface area contributed by atoms with Crippen molar-refractivity contribution in [3.63, 3.8) is 0 Å². The third-order valence-corrected chi connectivity index (χ3v) is 1.81. The van der Waals surface area contributed by atoms with Crippen molar-refractivity contribution in [1.82, 2.24) is 9.97 Å². The highest BCUT2D eigenvalue weighted by Crippen LogP contribution is 2.11. The first-order chi connectivity index (χ1) is 6.31. The van der Waals surface area contributed by atoms with E-state index in [0.717, 1.165) is 0 Å². The zero-order chi connectivity index (χ0) is 9.26. The van der Waals surface area contributed by atoms with Gasteiger partial charge >= 0.3 is 0 Å². The number of H-pyrrole nitrogens is 1. The lowest BCUT2D eigenvalue weighted by atomic mass is 10.3. The first-order valence-electron chi connectivity index (χ1n) is 3.84. The number of ether oxygens (including phenoxy) is 1. The highest BCUT2D eigenvalue weighted by molar-refractivity contribution is 5.77. The van der Waals surface area contributed by atoms with E-state index in [1.807, 2.05) is 0 Å². The van der Waals surface area contributed by atoms with Crippen LogP contribution in [-0.4, -0.2) is 17.1 Å². The third kappa shape index (κ3) is 1.26. The Morgan fingerprint density at radius 3 is 3.00 bits per heavy atom. The number of rotatable bonds is 1. The van der Waals surface area contributed by atoms with Crippen LogP contribution in [0.5, 0.6) is 5.88 Å². The largest absolute Gasteiger partial charge is 0.481 e. The fourth-order valence-electron chi connectivity index (χ4n) is 1.16. The van der Waals surface area contributed by atoms with Gasteiger partial charge in [-0.05, 0) is 12.1 Å². The van der Waals surface area contributed by atoms with Gasteiger partial charge in [0.15, 0.2) is 0 Å². The summed E-state index contributed by atoms with van der Waals surface area (Å²) in [5.41, 5.74) is 0.510. The molecule has 0 saturated heterocycles. The molecule has 0 atom stereocenters. The van der Waals surface area contributed by atoms with E-state index in [0.29, 0.717) is 16.8 Å². The summed E-state index contributed by atoms with van der Waals surface area (Å²) in [6.45, 7) is 0. The molecule has 2 rings (SSSR count). The van der Waals surface area contributed by atoms with E-state index in [-0.39, 0.29) is 5.56 Å². The number of hydrogen-bond acceptors (Lipinski definition) is 3. The van der Waals surface area contributed by atoms with Gasteiger partial charge in [0.1, 0.15) is 0 Å². The molecule has 0 fully saturated rings. The highest BCUT2D eigenvalue weighted by Gasteiger charge is 1.99. The molecule has 0 amide bonds. The SMILES string of the molecule is COc1ccc2c(=O)[nH]ccc2n1. The summed E-state index contributed by atoms with van der Waals surface area (Å²) in [5.74, 6) is 0.512. The Hall–Kier alpha value is -1.84. The van der Waals surface area contributed by atoms with E-state index in [1.54, 1.807) is 31.5 Å². The van der Waals surface area contributed by atoms with E-state index in [1.165, 1.54) is 0 Å². The Kier molecular flexibility index (Phi) is 1.73. The third-order valence-electron chi connectivity index (χ3n) is 1.81. The lowest BCUT2D eigenvalue weighted by molar-refractivity contribution is 0.399. The maximum absolute atomic E-state index is 11.2. The van der Waals surface area contributed by atoms with E-state index < -0.39 is 0 Å². The van der Waals surface area contributed by atoms with Crippen molar-refractivity contribution in [2.75, 3.05) is 7.11 Å². The van der Waals surface area contributed by atoms with Crippen LogP contribution in [0.3, 0.4) is 0 Å². The molecule has 2 aromatic rings. The lowest BCUT2D eigenvalue weighted by Crippen LogP contribution is -2.05. The topological polar surface area (TPSA) is 55.0 Å². The second-order valence-electron chi connectivity index (χ2n) is 2.59. The van der Waals surface area contributed by atoms with Crippen molar-refractivity contribution in [3.05, 3.63) is 34.7 Å². The summed E-state index contributed by atoms with van der Waals surface area (Å²) in [5, 5.41) is 0.573. The number of methoxy groups -OCH3 is 1. The molecule has 0 unspecified atom stereocenters. The van der Waals surface area contributed by atoms with Gasteiger partial charge in [-0.15, -0.1) is 0 Å². The number of nitrogens with zero attached hydrogens (tertiary/aromatic N) is 1. The summed E-state index contributed by atoms with van der Waals surface area (Å²) in [6, 6.07) is 5.09. The molecule has 0 bridgehead atoms. The Balaban J connectivity index is 2.80. The summed E-state index contributed by atoms with van der Waals surface area (Å²) in [4.78, 5) is 17.9. The van der Waals surface area contributed by atoms with Gasteiger partial charge in [0.2, 0.25) is 5.88 Å². The van der Waals surface area contributed by atoms with Crippen molar-refractivity contribution in [2.24, 2.45) is 0 Å². The van der Waals surface area contributed by atoms with Gasteiger partial charge in [0.25, 0.3) is 5.56 Å². The van der Waals surface area contributed by atoms with Gasteiger partial charge < -0.3 is 9.72 Å². The minimum atomic E-state index is -0.132. The van der Waals surface area contributed by atoms with Gasteiger partial charge in [-0.3, -0.25) is 4.79 Å². The van der Waals surface area contributed by atoms with Crippen molar-refractivity contribution >= 4 is 10.9 Å². The molecule has 0 aliphatic carbocycles. The normalized spacial score (nSPS) is 10.2. The van der Waals surface area contributed by atoms with Gasteiger partial charge in [-0.2, -0.15) is 0 Å². The quantitative estimate of drug-likeness (QED) is 0.703. The molecule has 0 aliphatic rings.